The smallest absolute Gasteiger partial charge is 0.160 e. The molecule has 0 fully saturated rings. The van der Waals surface area contributed by atoms with Gasteiger partial charge in [0.15, 0.2) is 5.82 Å². The number of aromatic nitrogens is 5. The van der Waals surface area contributed by atoms with Crippen LogP contribution in [-0.2, 0) is 6.54 Å². The van der Waals surface area contributed by atoms with E-state index >= 15 is 0 Å². The monoisotopic (exact) mass is 255 g/mol. The van der Waals surface area contributed by atoms with Crippen LogP contribution in [0, 0.1) is 13.8 Å². The van der Waals surface area contributed by atoms with Gasteiger partial charge in [-0.3, -0.25) is 4.98 Å². The van der Waals surface area contributed by atoms with Crippen molar-refractivity contribution in [3.63, 3.8) is 0 Å². The Balaban J connectivity index is 1.98. The van der Waals surface area contributed by atoms with Crippen LogP contribution in [0.2, 0.25) is 0 Å². The summed E-state index contributed by atoms with van der Waals surface area (Å²) >= 11 is 0. The summed E-state index contributed by atoms with van der Waals surface area (Å²) < 4.78 is 7.19. The van der Waals surface area contributed by atoms with Gasteiger partial charge in [0.05, 0.1) is 18.4 Å². The molecule has 0 amide bonds. The van der Waals surface area contributed by atoms with Gasteiger partial charge in [-0.2, -0.15) is 0 Å². The number of hydrogen-bond acceptors (Lipinski definition) is 5. The van der Waals surface area contributed by atoms with Crippen LogP contribution in [0.5, 0.6) is 0 Å². The number of rotatable bonds is 3. The van der Waals surface area contributed by atoms with Crippen LogP contribution in [0.25, 0.3) is 11.5 Å². The van der Waals surface area contributed by atoms with Crippen molar-refractivity contribution in [3.05, 3.63) is 48.0 Å². The summed E-state index contributed by atoms with van der Waals surface area (Å²) in [6.07, 6.45) is 8.67. The van der Waals surface area contributed by atoms with Gasteiger partial charge in [-0.1, -0.05) is 5.16 Å². The number of nitrogens with zero attached hydrogens (tertiary/aromatic N) is 5. The average Bonchev–Trinajstić information content (AvgIpc) is 3.02. The minimum Gasteiger partial charge on any atom is -0.361 e. The Bertz CT molecular complexity index is 667. The first-order valence-corrected chi connectivity index (χ1v) is 5.95. The van der Waals surface area contributed by atoms with E-state index in [4.69, 9.17) is 4.52 Å². The average molecular weight is 255 g/mol. The Hall–Kier alpha value is -2.50. The van der Waals surface area contributed by atoms with Crippen LogP contribution in [0.4, 0.5) is 0 Å². The first kappa shape index (κ1) is 11.6. The van der Waals surface area contributed by atoms with E-state index in [2.05, 4.69) is 20.1 Å². The van der Waals surface area contributed by atoms with Crippen LogP contribution in [0.1, 0.15) is 17.0 Å². The molecule has 3 aromatic heterocycles. The molecule has 0 aliphatic heterocycles. The highest BCUT2D eigenvalue weighted by Gasteiger charge is 2.13. The third kappa shape index (κ3) is 2.12. The maximum Gasteiger partial charge on any atom is 0.160 e. The van der Waals surface area contributed by atoms with Crippen LogP contribution in [0.3, 0.4) is 0 Å². The van der Waals surface area contributed by atoms with Gasteiger partial charge in [0.1, 0.15) is 11.5 Å². The zero-order valence-electron chi connectivity index (χ0n) is 10.7. The van der Waals surface area contributed by atoms with Crippen molar-refractivity contribution in [2.75, 3.05) is 0 Å². The second-order valence-corrected chi connectivity index (χ2v) is 4.27. The summed E-state index contributed by atoms with van der Waals surface area (Å²) in [5.41, 5.74) is 2.72. The van der Waals surface area contributed by atoms with Gasteiger partial charge in [0, 0.05) is 30.4 Å². The molecule has 0 spiro atoms. The Morgan fingerprint density at radius 1 is 1.16 bits per heavy atom. The molecule has 19 heavy (non-hydrogen) atoms. The van der Waals surface area contributed by atoms with Gasteiger partial charge >= 0.3 is 0 Å². The van der Waals surface area contributed by atoms with Crippen LogP contribution < -0.4 is 0 Å². The zero-order valence-corrected chi connectivity index (χ0v) is 10.7. The highest BCUT2D eigenvalue weighted by Crippen LogP contribution is 2.18. The molecule has 6 heteroatoms. The molecular weight excluding hydrogens is 242 g/mol. The fourth-order valence-electron chi connectivity index (χ4n) is 1.98. The second-order valence-electron chi connectivity index (χ2n) is 4.27. The third-order valence-electron chi connectivity index (χ3n) is 3.02. The van der Waals surface area contributed by atoms with E-state index in [0.717, 1.165) is 28.5 Å². The molecular formula is C13H13N5O. The van der Waals surface area contributed by atoms with Gasteiger partial charge < -0.3 is 9.09 Å². The Kier molecular flexibility index (Phi) is 2.83. The molecule has 0 unspecified atom stereocenters. The first-order chi connectivity index (χ1) is 9.25. The Labute approximate surface area is 110 Å². The molecule has 0 N–H and O–H groups in total. The molecule has 3 aromatic rings. The Morgan fingerprint density at radius 3 is 2.74 bits per heavy atom. The normalized spacial score (nSPS) is 10.8. The SMILES string of the molecule is Cc1noc(C)c1Cn1ccnc1-c1cnccn1. The zero-order chi connectivity index (χ0) is 13.2. The minimum atomic E-state index is 0.660. The van der Waals surface area contributed by atoms with Crippen molar-refractivity contribution in [1.82, 2.24) is 24.7 Å². The highest BCUT2D eigenvalue weighted by molar-refractivity contribution is 5.48. The molecule has 96 valence electrons. The molecule has 0 aliphatic carbocycles. The van der Waals surface area contributed by atoms with Crippen molar-refractivity contribution >= 4 is 0 Å². The first-order valence-electron chi connectivity index (χ1n) is 5.95. The van der Waals surface area contributed by atoms with Crippen molar-refractivity contribution < 1.29 is 4.52 Å². The summed E-state index contributed by atoms with van der Waals surface area (Å²) in [6, 6.07) is 0. The fourth-order valence-corrected chi connectivity index (χ4v) is 1.98. The van der Waals surface area contributed by atoms with Crippen molar-refractivity contribution in [2.45, 2.75) is 20.4 Å². The summed E-state index contributed by atoms with van der Waals surface area (Å²) in [5, 5.41) is 3.96. The van der Waals surface area contributed by atoms with Gasteiger partial charge in [-0.15, -0.1) is 0 Å². The topological polar surface area (TPSA) is 69.6 Å². The van der Waals surface area contributed by atoms with Gasteiger partial charge in [0.2, 0.25) is 0 Å². The van der Waals surface area contributed by atoms with Crippen molar-refractivity contribution in [2.24, 2.45) is 0 Å². The maximum absolute atomic E-state index is 5.18. The number of imidazole rings is 1. The number of aryl methyl sites for hydroxylation is 2. The molecule has 3 heterocycles. The minimum absolute atomic E-state index is 0.660. The fraction of sp³-hybridized carbons (Fsp3) is 0.231. The molecule has 0 atom stereocenters. The lowest BCUT2D eigenvalue weighted by Crippen LogP contribution is -2.03. The van der Waals surface area contributed by atoms with E-state index in [1.807, 2.05) is 24.6 Å². The van der Waals surface area contributed by atoms with Crippen LogP contribution in [0.15, 0.2) is 35.5 Å². The molecule has 3 rings (SSSR count). The van der Waals surface area contributed by atoms with Crippen LogP contribution in [-0.4, -0.2) is 24.7 Å². The van der Waals surface area contributed by atoms with E-state index < -0.39 is 0 Å². The lowest BCUT2D eigenvalue weighted by Gasteiger charge is -2.06. The van der Waals surface area contributed by atoms with E-state index in [0.29, 0.717) is 6.54 Å². The maximum atomic E-state index is 5.18. The third-order valence-corrected chi connectivity index (χ3v) is 3.02. The van der Waals surface area contributed by atoms with Gasteiger partial charge in [0.25, 0.3) is 0 Å². The van der Waals surface area contributed by atoms with Gasteiger partial charge in [-0.25, -0.2) is 9.97 Å². The highest BCUT2D eigenvalue weighted by atomic mass is 16.5. The summed E-state index contributed by atoms with van der Waals surface area (Å²) in [7, 11) is 0. The molecule has 0 bridgehead atoms. The molecule has 0 radical (unpaired) electrons. The summed E-state index contributed by atoms with van der Waals surface area (Å²) in [6.45, 7) is 4.51. The number of hydrogen-bond donors (Lipinski definition) is 0. The van der Waals surface area contributed by atoms with Crippen LogP contribution >= 0.6 is 0 Å². The lowest BCUT2D eigenvalue weighted by atomic mass is 10.2. The van der Waals surface area contributed by atoms with E-state index in [1.165, 1.54) is 0 Å². The largest absolute Gasteiger partial charge is 0.361 e. The molecule has 0 saturated carbocycles. The van der Waals surface area contributed by atoms with E-state index in [9.17, 15) is 0 Å². The molecule has 0 aromatic carbocycles. The predicted molar refractivity (Wildman–Crippen MR) is 68.3 cm³/mol. The van der Waals surface area contributed by atoms with Crippen molar-refractivity contribution in [3.8, 4) is 11.5 Å². The van der Waals surface area contributed by atoms with E-state index in [1.54, 1.807) is 24.8 Å². The standard InChI is InChI=1S/C13H13N5O/c1-9-11(10(2)19-17-9)8-18-6-5-16-13(18)12-7-14-3-4-15-12/h3-7H,8H2,1-2H3. The summed E-state index contributed by atoms with van der Waals surface area (Å²) in [4.78, 5) is 12.7. The predicted octanol–water partition coefficient (Wildman–Crippen LogP) is 1.99. The molecule has 6 nitrogen and oxygen atoms in total. The Morgan fingerprint density at radius 2 is 2.05 bits per heavy atom. The summed E-state index contributed by atoms with van der Waals surface area (Å²) in [5.74, 6) is 1.62. The molecule has 0 aliphatic rings. The van der Waals surface area contributed by atoms with Crippen molar-refractivity contribution in [1.29, 1.82) is 0 Å². The molecule has 0 saturated heterocycles. The van der Waals surface area contributed by atoms with E-state index in [-0.39, 0.29) is 0 Å². The quantitative estimate of drug-likeness (QED) is 0.715. The van der Waals surface area contributed by atoms with Gasteiger partial charge in [-0.05, 0) is 13.8 Å². The second kappa shape index (κ2) is 4.64. The lowest BCUT2D eigenvalue weighted by molar-refractivity contribution is 0.392.